The minimum Gasteiger partial charge on any atom is -0.462 e. The van der Waals surface area contributed by atoms with Crippen molar-refractivity contribution in [3.63, 3.8) is 0 Å². The molecule has 6 nitrogen and oxygen atoms in total. The van der Waals surface area contributed by atoms with Gasteiger partial charge in [0.1, 0.15) is 13.2 Å². The zero-order valence-corrected chi connectivity index (χ0v) is 51.8. The van der Waals surface area contributed by atoms with Crippen molar-refractivity contribution in [1.82, 2.24) is 0 Å². The van der Waals surface area contributed by atoms with Crippen LogP contribution in [0.2, 0.25) is 0 Å². The number of unbranched alkanes of at least 4 members (excludes halogenated alkanes) is 52. The van der Waals surface area contributed by atoms with Gasteiger partial charge in [0.15, 0.2) is 6.10 Å². The predicted octanol–water partition coefficient (Wildman–Crippen LogP) is 23.6. The third-order valence-electron chi connectivity index (χ3n) is 16.0. The molecule has 0 saturated carbocycles. The molecule has 0 radical (unpaired) electrons. The van der Waals surface area contributed by atoms with Gasteiger partial charge >= 0.3 is 17.9 Å². The first kappa shape index (κ1) is 74.2. The van der Waals surface area contributed by atoms with Gasteiger partial charge in [0.25, 0.3) is 0 Å². The van der Waals surface area contributed by atoms with Crippen LogP contribution in [0.3, 0.4) is 0 Å². The molecule has 1 unspecified atom stereocenters. The van der Waals surface area contributed by atoms with Crippen LogP contribution in [0, 0.1) is 0 Å². The number of esters is 3. The van der Waals surface area contributed by atoms with E-state index in [1.54, 1.807) is 0 Å². The van der Waals surface area contributed by atoms with E-state index in [-0.39, 0.29) is 31.1 Å². The lowest BCUT2D eigenvalue weighted by Gasteiger charge is -2.18. The normalized spacial score (nSPS) is 12.0. The second kappa shape index (κ2) is 65.7. The van der Waals surface area contributed by atoms with Crippen LogP contribution < -0.4 is 0 Å². The third kappa shape index (κ3) is 63.0. The van der Waals surface area contributed by atoms with E-state index in [4.69, 9.17) is 14.2 Å². The molecule has 450 valence electrons. The summed E-state index contributed by atoms with van der Waals surface area (Å²) >= 11 is 0. The van der Waals surface area contributed by atoms with E-state index < -0.39 is 6.10 Å². The molecule has 0 aliphatic rings. The molecule has 0 N–H and O–H groups in total. The number of hydrogen-bond acceptors (Lipinski definition) is 6. The summed E-state index contributed by atoms with van der Waals surface area (Å²) in [6, 6.07) is 0. The van der Waals surface area contributed by atoms with Gasteiger partial charge < -0.3 is 14.2 Å². The highest BCUT2D eigenvalue weighted by Crippen LogP contribution is 2.19. The molecular weight excluding hydrogens is 937 g/mol. The summed E-state index contributed by atoms with van der Waals surface area (Å²) in [6.07, 6.45) is 78.2. The Kier molecular flexibility index (Phi) is 64.1. The van der Waals surface area contributed by atoms with E-state index in [0.29, 0.717) is 19.3 Å². The summed E-state index contributed by atoms with van der Waals surface area (Å²) in [6.45, 7) is 6.71. The Bertz CT molecular complexity index is 1180. The van der Waals surface area contributed by atoms with Gasteiger partial charge in [-0.05, 0) is 44.9 Å². The fraction of sp³-hybridized carbons (Fsp3) is 0.929. The van der Waals surface area contributed by atoms with E-state index in [1.807, 2.05) is 0 Å². The summed E-state index contributed by atoms with van der Waals surface area (Å²) < 4.78 is 16.9. The van der Waals surface area contributed by atoms with Gasteiger partial charge in [0, 0.05) is 19.3 Å². The zero-order valence-electron chi connectivity index (χ0n) is 51.8. The van der Waals surface area contributed by atoms with Crippen molar-refractivity contribution in [3.8, 4) is 0 Å². The predicted molar refractivity (Wildman–Crippen MR) is 330 cm³/mol. The fourth-order valence-corrected chi connectivity index (χ4v) is 10.8. The van der Waals surface area contributed by atoms with Gasteiger partial charge in [-0.1, -0.05) is 348 Å². The van der Waals surface area contributed by atoms with Crippen molar-refractivity contribution in [3.05, 3.63) is 12.2 Å². The Labute approximate surface area is 475 Å². The molecule has 0 aromatic rings. The van der Waals surface area contributed by atoms with E-state index in [9.17, 15) is 14.4 Å². The van der Waals surface area contributed by atoms with Crippen LogP contribution >= 0.6 is 0 Å². The lowest BCUT2D eigenvalue weighted by atomic mass is 10.0. The first-order valence-electron chi connectivity index (χ1n) is 34.7. The molecule has 0 amide bonds. The lowest BCUT2D eigenvalue weighted by Crippen LogP contribution is -2.30. The minimum absolute atomic E-state index is 0.0621. The molecule has 0 rings (SSSR count). The van der Waals surface area contributed by atoms with Crippen molar-refractivity contribution in [1.29, 1.82) is 0 Å². The summed E-state index contributed by atoms with van der Waals surface area (Å²) in [5.41, 5.74) is 0. The number of carbonyl (C=O) groups excluding carboxylic acids is 3. The number of hydrogen-bond donors (Lipinski definition) is 0. The lowest BCUT2D eigenvalue weighted by molar-refractivity contribution is -0.167. The van der Waals surface area contributed by atoms with Gasteiger partial charge in [-0.2, -0.15) is 0 Å². The van der Waals surface area contributed by atoms with Crippen molar-refractivity contribution in [2.45, 2.75) is 406 Å². The van der Waals surface area contributed by atoms with Gasteiger partial charge in [-0.15, -0.1) is 0 Å². The van der Waals surface area contributed by atoms with Crippen molar-refractivity contribution in [2.24, 2.45) is 0 Å². The minimum atomic E-state index is -0.763. The smallest absolute Gasteiger partial charge is 0.306 e. The molecule has 0 aromatic heterocycles. The van der Waals surface area contributed by atoms with Crippen LogP contribution in [-0.4, -0.2) is 37.2 Å². The van der Waals surface area contributed by atoms with Crippen LogP contribution in [-0.2, 0) is 28.6 Å². The molecule has 0 aliphatic heterocycles. The molecule has 76 heavy (non-hydrogen) atoms. The fourth-order valence-electron chi connectivity index (χ4n) is 10.8. The van der Waals surface area contributed by atoms with E-state index in [2.05, 4.69) is 32.9 Å². The topological polar surface area (TPSA) is 78.9 Å². The van der Waals surface area contributed by atoms with Crippen LogP contribution in [0.15, 0.2) is 12.2 Å². The number of allylic oxidation sites excluding steroid dienone is 2. The average Bonchev–Trinajstić information content (AvgIpc) is 3.42. The van der Waals surface area contributed by atoms with Gasteiger partial charge in [0.2, 0.25) is 0 Å². The summed E-state index contributed by atoms with van der Waals surface area (Å²) in [7, 11) is 0. The molecule has 0 spiro atoms. The molecule has 0 heterocycles. The Hall–Kier alpha value is -1.85. The number of carbonyl (C=O) groups is 3. The van der Waals surface area contributed by atoms with Crippen molar-refractivity contribution in [2.75, 3.05) is 13.2 Å². The Morgan fingerprint density at radius 2 is 0.434 bits per heavy atom. The van der Waals surface area contributed by atoms with Crippen molar-refractivity contribution >= 4 is 17.9 Å². The molecule has 0 aliphatic carbocycles. The third-order valence-corrected chi connectivity index (χ3v) is 16.0. The molecule has 0 saturated heterocycles. The van der Waals surface area contributed by atoms with Crippen LogP contribution in [0.25, 0.3) is 0 Å². The summed E-state index contributed by atoms with van der Waals surface area (Å²) in [4.78, 5) is 38.3. The average molecular weight is 1070 g/mol. The maximum Gasteiger partial charge on any atom is 0.306 e. The highest BCUT2D eigenvalue weighted by atomic mass is 16.6. The Morgan fingerprint density at radius 3 is 0.658 bits per heavy atom. The SMILES string of the molecule is CCCCCCCCCC/C=C\CCCCCCCCCCCCCCCCCCCCCC(=O)OCC(COC(=O)CCCCCCCCCCCCCC)OC(=O)CCCCCCCCCCCCCCCCC. The molecule has 0 bridgehead atoms. The standard InChI is InChI=1S/C70H134O6/c1-4-7-10-13-16-19-22-25-27-28-29-30-31-32-33-34-35-36-37-38-39-40-41-42-44-45-48-51-54-57-60-63-69(72)75-66-67(65-74-68(71)62-59-56-53-50-47-24-21-18-15-12-9-6-3)76-70(73)64-61-58-55-52-49-46-43-26-23-20-17-14-11-8-5-2/h28-29,67H,4-27,30-66H2,1-3H3/b29-28-. The van der Waals surface area contributed by atoms with Crippen molar-refractivity contribution < 1.29 is 28.6 Å². The zero-order chi connectivity index (χ0) is 55.0. The highest BCUT2D eigenvalue weighted by molar-refractivity contribution is 5.71. The Morgan fingerprint density at radius 1 is 0.250 bits per heavy atom. The van der Waals surface area contributed by atoms with Crippen LogP contribution in [0.1, 0.15) is 400 Å². The van der Waals surface area contributed by atoms with Crippen LogP contribution in [0.5, 0.6) is 0 Å². The van der Waals surface area contributed by atoms with E-state index in [1.165, 1.54) is 302 Å². The number of rotatable bonds is 65. The highest BCUT2D eigenvalue weighted by Gasteiger charge is 2.19. The second-order valence-corrected chi connectivity index (χ2v) is 23.8. The van der Waals surface area contributed by atoms with Gasteiger partial charge in [-0.3, -0.25) is 14.4 Å². The van der Waals surface area contributed by atoms with Gasteiger partial charge in [0.05, 0.1) is 0 Å². The van der Waals surface area contributed by atoms with Gasteiger partial charge in [-0.25, -0.2) is 0 Å². The molecule has 1 atom stereocenters. The van der Waals surface area contributed by atoms with E-state index in [0.717, 1.165) is 57.8 Å². The maximum absolute atomic E-state index is 12.9. The quantitative estimate of drug-likeness (QED) is 0.0261. The second-order valence-electron chi connectivity index (χ2n) is 23.8. The number of ether oxygens (including phenoxy) is 3. The summed E-state index contributed by atoms with van der Waals surface area (Å²) in [5, 5.41) is 0. The first-order chi connectivity index (χ1) is 37.5. The maximum atomic E-state index is 12.9. The molecular formula is C70H134O6. The molecule has 0 fully saturated rings. The molecule has 0 aromatic carbocycles. The van der Waals surface area contributed by atoms with Crippen LogP contribution in [0.4, 0.5) is 0 Å². The summed E-state index contributed by atoms with van der Waals surface area (Å²) in [5.74, 6) is -0.829. The first-order valence-corrected chi connectivity index (χ1v) is 34.7. The monoisotopic (exact) mass is 1070 g/mol. The largest absolute Gasteiger partial charge is 0.462 e. The van der Waals surface area contributed by atoms with E-state index >= 15 is 0 Å². The molecule has 6 heteroatoms. The Balaban J connectivity index is 4.07.